The summed E-state index contributed by atoms with van der Waals surface area (Å²) >= 11 is 12.1. The van der Waals surface area contributed by atoms with Gasteiger partial charge in [0.15, 0.2) is 0 Å². The molecule has 34 heavy (non-hydrogen) atoms. The first kappa shape index (κ1) is 27.7. The normalized spacial score (nSPS) is 20.8. The Bertz CT molecular complexity index is 1080. The minimum Gasteiger partial charge on any atom is -0.134 e. The zero-order valence-electron chi connectivity index (χ0n) is 21.7. The fourth-order valence-electron chi connectivity index (χ4n) is 4.74. The number of hydrogen-bond donors (Lipinski definition) is 0. The molecule has 0 bridgehead atoms. The Morgan fingerprint density at radius 3 is 1.15 bits per heavy atom. The van der Waals surface area contributed by atoms with Crippen molar-refractivity contribution in [3.8, 4) is 0 Å². The second-order valence-corrected chi connectivity index (χ2v) is 20.6. The van der Waals surface area contributed by atoms with Crippen molar-refractivity contribution < 1.29 is 22.9 Å². The van der Waals surface area contributed by atoms with Crippen molar-refractivity contribution >= 4 is 39.2 Å². The molecule has 2 aliphatic carbocycles. The summed E-state index contributed by atoms with van der Waals surface area (Å²) in [5.74, 6) is 1.44. The summed E-state index contributed by atoms with van der Waals surface area (Å²) in [6.07, 6.45) is 0. The van der Waals surface area contributed by atoms with Gasteiger partial charge in [-0.2, -0.15) is 0 Å². The molecule has 2 aromatic rings. The van der Waals surface area contributed by atoms with Crippen LogP contribution in [0.2, 0.25) is 0 Å². The minimum atomic E-state index is -2.51. The number of benzene rings is 2. The molecule has 0 saturated heterocycles. The summed E-state index contributed by atoms with van der Waals surface area (Å²) in [6, 6.07) is 19.7. The van der Waals surface area contributed by atoms with E-state index >= 15 is 0 Å². The third-order valence-corrected chi connectivity index (χ3v) is 20.3. The molecule has 0 fully saturated rings. The van der Waals surface area contributed by atoms with Gasteiger partial charge in [-0.3, -0.25) is 0 Å². The van der Waals surface area contributed by atoms with E-state index in [1.165, 1.54) is 0 Å². The monoisotopic (exact) mass is 674 g/mol. The number of halogens is 2. The van der Waals surface area contributed by atoms with Crippen LogP contribution < -0.4 is 10.4 Å². The van der Waals surface area contributed by atoms with Gasteiger partial charge in [0.25, 0.3) is 0 Å². The van der Waals surface area contributed by atoms with Gasteiger partial charge in [-0.1, -0.05) is 60.7 Å². The molecule has 0 N–H and O–H groups in total. The number of allylic oxidation sites excluding steroid dienone is 8. The molecule has 0 aliphatic heterocycles. The van der Waals surface area contributed by atoms with Gasteiger partial charge in [0.1, 0.15) is 0 Å². The van der Waals surface area contributed by atoms with Crippen LogP contribution in [0.15, 0.2) is 101 Å². The van der Waals surface area contributed by atoms with Crippen molar-refractivity contribution in [1.82, 2.24) is 0 Å². The molecule has 0 radical (unpaired) electrons. The Morgan fingerprint density at radius 2 is 0.882 bits per heavy atom. The summed E-state index contributed by atoms with van der Waals surface area (Å²) in [5, 5.41) is 2.05. The number of rotatable bonds is 4. The van der Waals surface area contributed by atoms with Gasteiger partial charge in [0, 0.05) is 0 Å². The molecule has 2 unspecified atom stereocenters. The maximum absolute atomic E-state index is 6.49. The molecular formula is C30H36Cl2HfSi. The zero-order valence-corrected chi connectivity index (χ0v) is 27.8. The van der Waals surface area contributed by atoms with Gasteiger partial charge in [-0.15, -0.1) is 22.2 Å². The van der Waals surface area contributed by atoms with Crippen LogP contribution in [-0.2, 0) is 22.9 Å². The van der Waals surface area contributed by atoms with Crippen LogP contribution >= 0.6 is 22.2 Å². The molecule has 0 spiro atoms. The average molecular weight is 674 g/mol. The van der Waals surface area contributed by atoms with Gasteiger partial charge in [0.2, 0.25) is 0 Å². The maximum Gasteiger partial charge on any atom is 0.310 e. The fourth-order valence-corrected chi connectivity index (χ4v) is 14.7. The maximum atomic E-state index is 6.49. The Hall–Kier alpha value is -0.933. The van der Waals surface area contributed by atoms with E-state index < -0.39 is 29.6 Å². The summed E-state index contributed by atoms with van der Waals surface area (Å²) in [5.41, 5.74) is 9.63. The Morgan fingerprint density at radius 1 is 0.559 bits per heavy atom. The van der Waals surface area contributed by atoms with E-state index in [2.05, 4.69) is 55.4 Å². The van der Waals surface area contributed by atoms with Crippen LogP contribution in [0.25, 0.3) is 0 Å². The minimum absolute atomic E-state index is 0.719. The number of hydrogen-bond acceptors (Lipinski definition) is 0. The molecule has 0 amide bonds. The van der Waals surface area contributed by atoms with Crippen molar-refractivity contribution in [2.45, 2.75) is 55.4 Å². The Labute approximate surface area is 228 Å². The molecule has 0 nitrogen and oxygen atoms in total. The zero-order chi connectivity index (χ0) is 25.2. The molecule has 4 rings (SSSR count). The first-order valence-corrected chi connectivity index (χ1v) is 19.6. The first-order chi connectivity index (χ1) is 16.0. The second kappa shape index (κ2) is 11.4. The van der Waals surface area contributed by atoms with Crippen LogP contribution in [0.1, 0.15) is 55.4 Å². The van der Waals surface area contributed by atoms with E-state index in [4.69, 9.17) is 22.2 Å². The van der Waals surface area contributed by atoms with Crippen molar-refractivity contribution in [1.29, 1.82) is 0 Å². The van der Waals surface area contributed by atoms with Gasteiger partial charge in [-0.25, -0.2) is 0 Å². The first-order valence-electron chi connectivity index (χ1n) is 12.0. The topological polar surface area (TPSA) is 0 Å². The van der Waals surface area contributed by atoms with Crippen LogP contribution in [0.4, 0.5) is 0 Å². The van der Waals surface area contributed by atoms with E-state index in [-0.39, 0.29) is 0 Å². The standard InChI is InChI=1S/C12H10Cl2Si.2C9H13.Hf/c13-15(14,11-7-3-1-4-8-11)12-9-5-2-6-10-12;2*1-6-5-7(2)9(4)8(6)3;/h1-10H;2*6H,1-4H3;. The third-order valence-electron chi connectivity index (χ3n) is 7.82. The molecule has 0 heterocycles. The van der Waals surface area contributed by atoms with Crippen LogP contribution in [0, 0.1) is 11.8 Å². The quantitative estimate of drug-likeness (QED) is 0.226. The molecular weight excluding hydrogens is 638 g/mol. The van der Waals surface area contributed by atoms with Crippen molar-refractivity contribution in [3.63, 3.8) is 0 Å². The largest absolute Gasteiger partial charge is 0.310 e. The van der Waals surface area contributed by atoms with E-state index in [1.807, 2.05) is 67.3 Å². The van der Waals surface area contributed by atoms with Crippen LogP contribution in [-0.4, -0.2) is 6.69 Å². The predicted molar refractivity (Wildman–Crippen MR) is 150 cm³/mol. The van der Waals surface area contributed by atoms with E-state index in [0.717, 1.165) is 22.2 Å². The third kappa shape index (κ3) is 5.56. The second-order valence-electron chi connectivity index (χ2n) is 9.57. The molecule has 2 aromatic carbocycles. The van der Waals surface area contributed by atoms with Gasteiger partial charge in [0.05, 0.1) is 0 Å². The molecule has 0 aromatic heterocycles. The summed E-state index contributed by atoms with van der Waals surface area (Å²) in [4.78, 5) is 0. The summed E-state index contributed by atoms with van der Waals surface area (Å²) in [7, 11) is 0. The molecule has 2 aliphatic rings. The van der Waals surface area contributed by atoms with Crippen LogP contribution in [0.5, 0.6) is 0 Å². The van der Waals surface area contributed by atoms with Crippen LogP contribution in [0.3, 0.4) is 0 Å². The van der Waals surface area contributed by atoms with Crippen molar-refractivity contribution in [3.05, 3.63) is 101 Å². The molecule has 2 atom stereocenters. The van der Waals surface area contributed by atoms with E-state index in [0.29, 0.717) is 0 Å². The van der Waals surface area contributed by atoms with Gasteiger partial charge in [-0.05, 0) is 10.4 Å². The van der Waals surface area contributed by atoms with Crippen molar-refractivity contribution in [2.75, 3.05) is 0 Å². The smallest absolute Gasteiger partial charge is 0.134 e. The molecule has 178 valence electrons. The average Bonchev–Trinajstić information content (AvgIpc) is 3.15. The fraction of sp³-hybridized carbons (Fsp3) is 0.333. The van der Waals surface area contributed by atoms with E-state index in [1.54, 1.807) is 33.4 Å². The summed E-state index contributed by atoms with van der Waals surface area (Å²) < 4.78 is 3.69. The van der Waals surface area contributed by atoms with Crippen molar-refractivity contribution in [2.24, 2.45) is 11.8 Å². The van der Waals surface area contributed by atoms with Gasteiger partial charge >= 0.3 is 137 Å². The summed E-state index contributed by atoms with van der Waals surface area (Å²) in [6.45, 7) is 16.3. The SMILES string of the molecule is CC1=C(C)C(C)[C]([Hf][C]2=C(C)C(C)=C(C)C2C)=C1C.Cl[Si](Cl)(c1ccccc1)c1ccccc1. The Kier molecular flexibility index (Phi) is 9.28. The predicted octanol–water partition coefficient (Wildman–Crippen LogP) is 8.31. The van der Waals surface area contributed by atoms with Gasteiger partial charge < -0.3 is 0 Å². The Balaban J connectivity index is 0.000000196. The molecule has 0 saturated carbocycles. The van der Waals surface area contributed by atoms with E-state index in [9.17, 15) is 0 Å². The molecule has 4 heteroatoms.